The monoisotopic (exact) mass is 255 g/mol. The third kappa shape index (κ3) is 5.17. The van der Waals surface area contributed by atoms with Crippen LogP contribution < -0.4 is 0 Å². The van der Waals surface area contributed by atoms with E-state index in [9.17, 15) is 9.59 Å². The first-order chi connectivity index (χ1) is 10.1. The molecule has 0 unspecified atom stereocenters. The number of rotatable bonds is 7. The molecule has 0 amide bonds. The van der Waals surface area contributed by atoms with Gasteiger partial charge in [-0.15, -0.1) is 0 Å². The first-order valence-electron chi connectivity index (χ1n) is 7.64. The third-order valence-electron chi connectivity index (χ3n) is 2.46. The summed E-state index contributed by atoms with van der Waals surface area (Å²) in [7, 11) is 0. The van der Waals surface area contributed by atoms with Crippen LogP contribution in [0, 0.1) is 12.3 Å². The number of ether oxygens (including phenoxy) is 1. The van der Waals surface area contributed by atoms with Crippen molar-refractivity contribution in [2.75, 3.05) is 0 Å². The predicted molar refractivity (Wildman–Crippen MR) is 67.7 cm³/mol. The van der Waals surface area contributed by atoms with Crippen molar-refractivity contribution in [3.05, 3.63) is 31.2 Å². The van der Waals surface area contributed by atoms with Crippen LogP contribution in [-0.2, 0) is 14.3 Å². The lowest BCUT2D eigenvalue weighted by Gasteiger charge is -2.27. The van der Waals surface area contributed by atoms with Gasteiger partial charge in [0, 0.05) is 24.2 Å². The maximum absolute atomic E-state index is 11.2. The minimum atomic E-state index is -2.52. The molecule has 0 aromatic rings. The second kappa shape index (κ2) is 7.69. The highest BCUT2D eigenvalue weighted by Gasteiger charge is 2.27. The van der Waals surface area contributed by atoms with E-state index in [0.29, 0.717) is 6.42 Å². The number of carbonyl (C=O) groups excluding carboxylic acids is 1. The van der Waals surface area contributed by atoms with Crippen LogP contribution in [0.3, 0.4) is 0 Å². The molecule has 1 rings (SSSR count). The standard InChI is InChI=1S/C14H19O4/c1-2-12-11(9-10-14(17)18-12)7-5-3-4-6-8-13(15)16/h2-3,5,9,11-12H,1,4,6-8,10H2,(H,15,16)/t11-,12+/m0/s1/i4D2,6D2. The molecular formula is C14H19O4. The molecule has 1 N–H and O–H groups in total. The Labute approximate surface area is 113 Å². The van der Waals surface area contributed by atoms with Crippen LogP contribution in [0.15, 0.2) is 24.8 Å². The van der Waals surface area contributed by atoms with E-state index in [1.807, 2.05) is 0 Å². The van der Waals surface area contributed by atoms with Gasteiger partial charge in [-0.2, -0.15) is 0 Å². The van der Waals surface area contributed by atoms with Gasteiger partial charge in [0.25, 0.3) is 0 Å². The largest absolute Gasteiger partial charge is 0.481 e. The van der Waals surface area contributed by atoms with Gasteiger partial charge in [-0.3, -0.25) is 9.59 Å². The van der Waals surface area contributed by atoms with Crippen molar-refractivity contribution in [3.8, 4) is 0 Å². The first kappa shape index (κ1) is 9.36. The molecule has 99 valence electrons. The Morgan fingerprint density at radius 1 is 1.67 bits per heavy atom. The summed E-state index contributed by atoms with van der Waals surface area (Å²) in [4.78, 5) is 21.8. The quantitative estimate of drug-likeness (QED) is 0.561. The van der Waals surface area contributed by atoms with Gasteiger partial charge in [0.1, 0.15) is 6.10 Å². The fourth-order valence-corrected chi connectivity index (χ4v) is 1.59. The van der Waals surface area contributed by atoms with Crippen LogP contribution in [0.1, 0.15) is 37.5 Å². The van der Waals surface area contributed by atoms with E-state index in [4.69, 9.17) is 15.3 Å². The number of hydrogen-bond donors (Lipinski definition) is 1. The first-order valence-corrected chi connectivity index (χ1v) is 5.64. The fraction of sp³-hybridized carbons (Fsp3) is 0.500. The summed E-state index contributed by atoms with van der Waals surface area (Å²) in [5, 5.41) is 8.64. The summed E-state index contributed by atoms with van der Waals surface area (Å²) in [6.07, 6.45) is -0.135. The predicted octanol–water partition coefficient (Wildman–Crippen LogP) is 2.51. The molecule has 0 aliphatic carbocycles. The van der Waals surface area contributed by atoms with E-state index in [1.165, 1.54) is 12.2 Å². The molecule has 1 fully saturated rings. The number of esters is 1. The zero-order valence-electron chi connectivity index (χ0n) is 14.0. The van der Waals surface area contributed by atoms with Crippen LogP contribution in [0.5, 0.6) is 0 Å². The topological polar surface area (TPSA) is 63.6 Å². The molecule has 18 heavy (non-hydrogen) atoms. The number of carboxylic acids is 1. The number of allylic oxidation sites excluding steroid dienone is 2. The molecule has 4 nitrogen and oxygen atoms in total. The highest BCUT2D eigenvalue weighted by Crippen LogP contribution is 2.25. The van der Waals surface area contributed by atoms with Gasteiger partial charge >= 0.3 is 11.9 Å². The summed E-state index contributed by atoms with van der Waals surface area (Å²) < 4.78 is 35.6. The molecule has 0 bridgehead atoms. The lowest BCUT2D eigenvalue weighted by Crippen LogP contribution is -2.31. The molecule has 1 aliphatic rings. The second-order valence-corrected chi connectivity index (χ2v) is 3.82. The summed E-state index contributed by atoms with van der Waals surface area (Å²) >= 11 is 0. The summed E-state index contributed by atoms with van der Waals surface area (Å²) in [6, 6.07) is 0. The van der Waals surface area contributed by atoms with E-state index in [0.717, 1.165) is 6.08 Å². The van der Waals surface area contributed by atoms with Crippen molar-refractivity contribution in [1.82, 2.24) is 0 Å². The van der Waals surface area contributed by atoms with E-state index in [1.54, 1.807) is 6.42 Å². The number of aliphatic carboxylic acids is 1. The van der Waals surface area contributed by atoms with Crippen molar-refractivity contribution < 1.29 is 24.9 Å². The van der Waals surface area contributed by atoms with E-state index < -0.39 is 31.2 Å². The molecule has 0 saturated carbocycles. The molecule has 1 aliphatic heterocycles. The highest BCUT2D eigenvalue weighted by molar-refractivity contribution is 5.72. The number of carbonyl (C=O) groups is 2. The maximum atomic E-state index is 11.2. The van der Waals surface area contributed by atoms with Gasteiger partial charge in [-0.25, -0.2) is 0 Å². The van der Waals surface area contributed by atoms with Crippen molar-refractivity contribution in [2.45, 2.75) is 38.1 Å². The number of carboxylic acid groups (broad SMARTS) is 1. The highest BCUT2D eigenvalue weighted by atomic mass is 16.5. The van der Waals surface area contributed by atoms with Crippen LogP contribution in [0.25, 0.3) is 0 Å². The lowest BCUT2D eigenvalue weighted by molar-refractivity contribution is -0.151. The third-order valence-corrected chi connectivity index (χ3v) is 2.46. The molecule has 0 spiro atoms. The molecule has 1 saturated heterocycles. The average molecular weight is 255 g/mol. The van der Waals surface area contributed by atoms with Gasteiger partial charge < -0.3 is 9.84 Å². The van der Waals surface area contributed by atoms with Gasteiger partial charge in [-0.1, -0.05) is 24.8 Å². The van der Waals surface area contributed by atoms with Gasteiger partial charge in [0.2, 0.25) is 0 Å². The number of cyclic esters (lactones) is 1. The summed E-state index contributed by atoms with van der Waals surface area (Å²) in [5.74, 6) is -1.91. The fourth-order valence-electron chi connectivity index (χ4n) is 1.59. The van der Waals surface area contributed by atoms with Gasteiger partial charge in [-0.05, 0) is 25.6 Å². The lowest BCUT2D eigenvalue weighted by atomic mass is 9.90. The van der Waals surface area contributed by atoms with Crippen LogP contribution in [0.2, 0.25) is 0 Å². The van der Waals surface area contributed by atoms with Gasteiger partial charge in [0.15, 0.2) is 0 Å². The zero-order valence-corrected chi connectivity index (χ0v) is 9.96. The Hall–Kier alpha value is -1.58. The van der Waals surface area contributed by atoms with E-state index in [2.05, 4.69) is 6.58 Å². The zero-order chi connectivity index (χ0) is 17.0. The summed E-state index contributed by atoms with van der Waals surface area (Å²) in [5.41, 5.74) is 0. The van der Waals surface area contributed by atoms with Gasteiger partial charge in [0.05, 0.1) is 0 Å². The maximum Gasteiger partial charge on any atom is 0.306 e. The Kier molecular flexibility index (Phi) is 4.00. The van der Waals surface area contributed by atoms with Crippen LogP contribution >= 0.6 is 0 Å². The number of hydrogen-bond acceptors (Lipinski definition) is 3. The molecule has 1 radical (unpaired) electrons. The van der Waals surface area contributed by atoms with Crippen molar-refractivity contribution in [2.24, 2.45) is 5.92 Å². The van der Waals surface area contributed by atoms with E-state index >= 15 is 0 Å². The van der Waals surface area contributed by atoms with Crippen LogP contribution in [0.4, 0.5) is 0 Å². The van der Waals surface area contributed by atoms with Crippen LogP contribution in [-0.4, -0.2) is 23.1 Å². The normalized spacial score (nSPS) is 28.8. The molecule has 0 aromatic carbocycles. The molecular weight excluding hydrogens is 232 g/mol. The minimum Gasteiger partial charge on any atom is -0.481 e. The Morgan fingerprint density at radius 3 is 3.11 bits per heavy atom. The Balaban J connectivity index is 2.68. The molecule has 2 atom stereocenters. The average Bonchev–Trinajstić information content (AvgIpc) is 2.38. The van der Waals surface area contributed by atoms with Crippen molar-refractivity contribution in [3.63, 3.8) is 0 Å². The molecule has 1 heterocycles. The van der Waals surface area contributed by atoms with Crippen molar-refractivity contribution in [1.29, 1.82) is 0 Å². The SMILES string of the molecule is [2H]C([2H])(C=CC[C@H]1[CH]CC(=O)O[C@@H]1C=C)C([2H])([2H])CC(=O)O. The summed E-state index contributed by atoms with van der Waals surface area (Å²) in [6.45, 7) is 3.58. The second-order valence-electron chi connectivity index (χ2n) is 3.82. The molecule has 0 aromatic heterocycles. The Bertz CT molecular complexity index is 473. The van der Waals surface area contributed by atoms with Crippen molar-refractivity contribution >= 4 is 11.9 Å². The smallest absolute Gasteiger partial charge is 0.306 e. The molecule has 4 heteroatoms. The minimum absolute atomic E-state index is 0.160. The Morgan fingerprint density at radius 2 is 2.44 bits per heavy atom. The van der Waals surface area contributed by atoms with E-state index in [-0.39, 0.29) is 18.3 Å².